The fourth-order valence-electron chi connectivity index (χ4n) is 2.40. The minimum absolute atomic E-state index is 0.214. The van der Waals surface area contributed by atoms with Crippen molar-refractivity contribution in [1.29, 1.82) is 0 Å². The Kier molecular flexibility index (Phi) is 3.69. The summed E-state index contributed by atoms with van der Waals surface area (Å²) in [7, 11) is 0. The molecule has 3 amide bonds. The summed E-state index contributed by atoms with van der Waals surface area (Å²) in [6, 6.07) is -1.10. The first-order valence-electron chi connectivity index (χ1n) is 6.14. The number of aliphatic carboxylic acids is 1. The summed E-state index contributed by atoms with van der Waals surface area (Å²) in [6.07, 6.45) is 1.59. The number of hydrogen-bond donors (Lipinski definition) is 2. The predicted molar refractivity (Wildman–Crippen MR) is 62.0 cm³/mol. The van der Waals surface area contributed by atoms with Crippen LogP contribution in [0.1, 0.15) is 19.3 Å². The number of carbonyl (C=O) groups excluding carboxylic acids is 2. The summed E-state index contributed by atoms with van der Waals surface area (Å²) in [5.74, 6) is -1.45. The molecule has 7 nitrogen and oxygen atoms in total. The third-order valence-corrected chi connectivity index (χ3v) is 3.32. The number of piperazine rings is 1. The molecule has 2 N–H and O–H groups in total. The molecule has 0 aliphatic carbocycles. The lowest BCUT2D eigenvalue weighted by molar-refractivity contribution is -0.142. The molecule has 1 unspecified atom stereocenters. The van der Waals surface area contributed by atoms with E-state index in [0.29, 0.717) is 26.2 Å². The summed E-state index contributed by atoms with van der Waals surface area (Å²) in [5, 5.41) is 11.4. The minimum Gasteiger partial charge on any atom is -0.481 e. The van der Waals surface area contributed by atoms with Gasteiger partial charge in [-0.1, -0.05) is 0 Å². The van der Waals surface area contributed by atoms with Gasteiger partial charge in [-0.05, 0) is 12.8 Å². The molecule has 0 radical (unpaired) electrons. The number of amides is 3. The van der Waals surface area contributed by atoms with Crippen LogP contribution in [-0.2, 0) is 9.59 Å². The standard InChI is InChI=1S/C11H17N3O4/c15-9(16)7-8-10(17)12-3-6-14(8)11(18)13-4-1-2-5-13/h8H,1-7H2,(H,12,17)(H,15,16). The maximum Gasteiger partial charge on any atom is 0.320 e. The van der Waals surface area contributed by atoms with Crippen LogP contribution in [0.25, 0.3) is 0 Å². The van der Waals surface area contributed by atoms with Crippen molar-refractivity contribution >= 4 is 17.9 Å². The average molecular weight is 255 g/mol. The Hall–Kier alpha value is -1.79. The van der Waals surface area contributed by atoms with Crippen molar-refractivity contribution in [1.82, 2.24) is 15.1 Å². The van der Waals surface area contributed by atoms with E-state index in [2.05, 4.69) is 5.32 Å². The van der Waals surface area contributed by atoms with E-state index in [9.17, 15) is 14.4 Å². The Bertz CT molecular complexity index is 365. The van der Waals surface area contributed by atoms with Gasteiger partial charge in [0.1, 0.15) is 6.04 Å². The van der Waals surface area contributed by atoms with Crippen LogP contribution >= 0.6 is 0 Å². The second-order valence-electron chi connectivity index (χ2n) is 4.57. The molecule has 2 aliphatic rings. The highest BCUT2D eigenvalue weighted by atomic mass is 16.4. The minimum atomic E-state index is -1.07. The van der Waals surface area contributed by atoms with Crippen LogP contribution in [0, 0.1) is 0 Å². The van der Waals surface area contributed by atoms with Crippen LogP contribution < -0.4 is 5.32 Å². The molecule has 0 saturated carbocycles. The highest BCUT2D eigenvalue weighted by molar-refractivity contribution is 5.91. The fourth-order valence-corrected chi connectivity index (χ4v) is 2.40. The number of carboxylic acid groups (broad SMARTS) is 1. The third kappa shape index (κ3) is 2.55. The van der Waals surface area contributed by atoms with Gasteiger partial charge in [0.25, 0.3) is 0 Å². The first-order chi connectivity index (χ1) is 8.59. The predicted octanol–water partition coefficient (Wildman–Crippen LogP) is -0.523. The fraction of sp³-hybridized carbons (Fsp3) is 0.727. The lowest BCUT2D eigenvalue weighted by Gasteiger charge is -2.36. The maximum atomic E-state index is 12.2. The Morgan fingerprint density at radius 1 is 1.28 bits per heavy atom. The van der Waals surface area contributed by atoms with Gasteiger partial charge in [0.15, 0.2) is 0 Å². The molecule has 0 bridgehead atoms. The lowest BCUT2D eigenvalue weighted by atomic mass is 10.1. The topological polar surface area (TPSA) is 89.9 Å². The van der Waals surface area contributed by atoms with Gasteiger partial charge in [0.2, 0.25) is 5.91 Å². The SMILES string of the molecule is O=C(O)CC1C(=O)NCCN1C(=O)N1CCCC1. The number of carboxylic acids is 1. The molecule has 2 fully saturated rings. The zero-order valence-corrected chi connectivity index (χ0v) is 10.1. The number of hydrogen-bond acceptors (Lipinski definition) is 3. The lowest BCUT2D eigenvalue weighted by Crippen LogP contribution is -2.60. The van der Waals surface area contributed by atoms with E-state index < -0.39 is 12.0 Å². The second kappa shape index (κ2) is 5.24. The van der Waals surface area contributed by atoms with E-state index in [1.165, 1.54) is 4.90 Å². The third-order valence-electron chi connectivity index (χ3n) is 3.32. The van der Waals surface area contributed by atoms with Gasteiger partial charge < -0.3 is 20.2 Å². The summed E-state index contributed by atoms with van der Waals surface area (Å²) in [6.45, 7) is 2.14. The van der Waals surface area contributed by atoms with Crippen LogP contribution in [0.4, 0.5) is 4.79 Å². The summed E-state index contributed by atoms with van der Waals surface area (Å²) < 4.78 is 0. The van der Waals surface area contributed by atoms with E-state index >= 15 is 0 Å². The zero-order valence-electron chi connectivity index (χ0n) is 10.1. The number of likely N-dealkylation sites (tertiary alicyclic amines) is 1. The van der Waals surface area contributed by atoms with Crippen LogP contribution in [0.5, 0.6) is 0 Å². The van der Waals surface area contributed by atoms with E-state index in [4.69, 9.17) is 5.11 Å². The van der Waals surface area contributed by atoms with E-state index in [0.717, 1.165) is 12.8 Å². The van der Waals surface area contributed by atoms with Crippen molar-refractivity contribution in [2.24, 2.45) is 0 Å². The van der Waals surface area contributed by atoms with Crippen molar-refractivity contribution in [3.8, 4) is 0 Å². The van der Waals surface area contributed by atoms with Crippen molar-refractivity contribution in [2.45, 2.75) is 25.3 Å². The van der Waals surface area contributed by atoms with Crippen LogP contribution in [-0.4, -0.2) is 65.0 Å². The van der Waals surface area contributed by atoms with Crippen LogP contribution in [0.3, 0.4) is 0 Å². The summed E-state index contributed by atoms with van der Waals surface area (Å²) >= 11 is 0. The highest BCUT2D eigenvalue weighted by Crippen LogP contribution is 2.16. The summed E-state index contributed by atoms with van der Waals surface area (Å²) in [5.41, 5.74) is 0. The molecule has 2 rings (SSSR count). The van der Waals surface area contributed by atoms with Gasteiger partial charge in [-0.3, -0.25) is 9.59 Å². The number of carbonyl (C=O) groups is 3. The zero-order chi connectivity index (χ0) is 13.1. The van der Waals surface area contributed by atoms with Gasteiger partial charge in [-0.25, -0.2) is 4.79 Å². The van der Waals surface area contributed by atoms with Gasteiger partial charge in [0.05, 0.1) is 6.42 Å². The Balaban J connectivity index is 2.09. The van der Waals surface area contributed by atoms with E-state index in [1.807, 2.05) is 0 Å². The molecule has 2 saturated heterocycles. The maximum absolute atomic E-state index is 12.2. The largest absolute Gasteiger partial charge is 0.481 e. The first kappa shape index (κ1) is 12.7. The average Bonchev–Trinajstić information content (AvgIpc) is 2.84. The summed E-state index contributed by atoms with van der Waals surface area (Å²) in [4.78, 5) is 37.7. The highest BCUT2D eigenvalue weighted by Gasteiger charge is 2.37. The van der Waals surface area contributed by atoms with Gasteiger partial charge in [0, 0.05) is 26.2 Å². The molecule has 100 valence electrons. The smallest absolute Gasteiger partial charge is 0.320 e. The Morgan fingerprint density at radius 2 is 1.94 bits per heavy atom. The van der Waals surface area contributed by atoms with Gasteiger partial charge in [-0.15, -0.1) is 0 Å². The molecule has 2 aliphatic heterocycles. The number of nitrogens with one attached hydrogen (secondary N) is 1. The molecule has 18 heavy (non-hydrogen) atoms. The van der Waals surface area contributed by atoms with Crippen LogP contribution in [0.2, 0.25) is 0 Å². The van der Waals surface area contributed by atoms with Crippen molar-refractivity contribution in [3.63, 3.8) is 0 Å². The first-order valence-corrected chi connectivity index (χ1v) is 6.14. The monoisotopic (exact) mass is 255 g/mol. The van der Waals surface area contributed by atoms with Crippen molar-refractivity contribution in [2.75, 3.05) is 26.2 Å². The second-order valence-corrected chi connectivity index (χ2v) is 4.57. The number of rotatable bonds is 2. The molecule has 7 heteroatoms. The van der Waals surface area contributed by atoms with E-state index in [-0.39, 0.29) is 18.4 Å². The Labute approximate surface area is 105 Å². The van der Waals surface area contributed by atoms with Gasteiger partial charge >= 0.3 is 12.0 Å². The number of nitrogens with zero attached hydrogens (tertiary/aromatic N) is 2. The van der Waals surface area contributed by atoms with E-state index in [1.54, 1.807) is 4.90 Å². The van der Waals surface area contributed by atoms with Crippen molar-refractivity contribution < 1.29 is 19.5 Å². The van der Waals surface area contributed by atoms with Crippen LogP contribution in [0.15, 0.2) is 0 Å². The molecule has 0 spiro atoms. The van der Waals surface area contributed by atoms with Crippen molar-refractivity contribution in [3.05, 3.63) is 0 Å². The van der Waals surface area contributed by atoms with Gasteiger partial charge in [-0.2, -0.15) is 0 Å². The number of urea groups is 1. The molecule has 0 aromatic carbocycles. The quantitative estimate of drug-likeness (QED) is 0.694. The molecule has 1 atom stereocenters. The molecular formula is C11H17N3O4. The molecular weight excluding hydrogens is 238 g/mol. The molecule has 0 aromatic rings. The molecule has 0 aromatic heterocycles. The molecule has 2 heterocycles. The normalized spacial score (nSPS) is 24.0. The Morgan fingerprint density at radius 3 is 2.56 bits per heavy atom.